The minimum atomic E-state index is -0.648. The van der Waals surface area contributed by atoms with E-state index in [0.29, 0.717) is 26.4 Å². The summed E-state index contributed by atoms with van der Waals surface area (Å²) in [5.41, 5.74) is 1.59. The lowest BCUT2D eigenvalue weighted by Gasteiger charge is -2.31. The molecule has 0 aromatic carbocycles. The minimum Gasteiger partial charge on any atom is -0.458 e. The zero-order valence-corrected chi connectivity index (χ0v) is 20.0. The van der Waals surface area contributed by atoms with Crippen LogP contribution in [0.5, 0.6) is 0 Å². The predicted molar refractivity (Wildman–Crippen MR) is 124 cm³/mol. The number of esters is 2. The molecule has 0 N–H and O–H groups in total. The van der Waals surface area contributed by atoms with Crippen LogP contribution in [-0.2, 0) is 41.6 Å². The Hall–Kier alpha value is -2.92. The van der Waals surface area contributed by atoms with Gasteiger partial charge in [-0.25, -0.2) is 14.6 Å². The van der Waals surface area contributed by atoms with Gasteiger partial charge in [0.15, 0.2) is 0 Å². The van der Waals surface area contributed by atoms with Crippen LogP contribution in [0, 0.1) is 0 Å². The highest BCUT2D eigenvalue weighted by Crippen LogP contribution is 2.22. The van der Waals surface area contributed by atoms with E-state index >= 15 is 0 Å². The molecular weight excluding hydrogens is 468 g/mol. The van der Waals surface area contributed by atoms with Crippen molar-refractivity contribution >= 4 is 11.9 Å². The van der Waals surface area contributed by atoms with E-state index in [1.54, 1.807) is 6.07 Å². The lowest BCUT2D eigenvalue weighted by atomic mass is 10.1. The number of carbonyl (C=O) groups excluding carboxylic acids is 2. The van der Waals surface area contributed by atoms with Crippen LogP contribution in [0.2, 0.25) is 0 Å². The minimum absolute atomic E-state index is 0.0154. The number of nitrogens with zero attached hydrogens (tertiary/aromatic N) is 2. The molecule has 4 atom stereocenters. The summed E-state index contributed by atoms with van der Waals surface area (Å²) in [4.78, 5) is 34.1. The smallest absolute Gasteiger partial charge is 0.357 e. The number of hydrogen-bond donors (Lipinski definition) is 0. The molecular formula is C26H30N2O8. The van der Waals surface area contributed by atoms with E-state index in [-0.39, 0.29) is 36.8 Å². The van der Waals surface area contributed by atoms with Crippen LogP contribution in [-0.4, -0.2) is 72.7 Å². The third kappa shape index (κ3) is 6.25. The van der Waals surface area contributed by atoms with Crippen molar-refractivity contribution in [1.29, 1.82) is 0 Å². The van der Waals surface area contributed by atoms with Crippen molar-refractivity contribution < 1.29 is 38.0 Å². The van der Waals surface area contributed by atoms with Crippen LogP contribution in [0.25, 0.3) is 0 Å². The van der Waals surface area contributed by atoms with E-state index in [1.807, 2.05) is 18.2 Å². The van der Waals surface area contributed by atoms with Crippen LogP contribution in [0.3, 0.4) is 0 Å². The van der Waals surface area contributed by atoms with Gasteiger partial charge in [0.05, 0.1) is 36.8 Å². The van der Waals surface area contributed by atoms with Gasteiger partial charge in [-0.1, -0.05) is 12.1 Å². The Morgan fingerprint density at radius 1 is 0.611 bits per heavy atom. The summed E-state index contributed by atoms with van der Waals surface area (Å²) < 4.78 is 34.9. The first kappa shape index (κ1) is 24.8. The van der Waals surface area contributed by atoms with Gasteiger partial charge in [-0.05, 0) is 49.9 Å². The molecule has 3 aliphatic rings. The molecule has 2 saturated heterocycles. The molecule has 2 aromatic rings. The molecule has 192 valence electrons. The highest BCUT2D eigenvalue weighted by Gasteiger charge is 2.30. The first-order valence-electron chi connectivity index (χ1n) is 12.4. The van der Waals surface area contributed by atoms with Gasteiger partial charge in [-0.15, -0.1) is 0 Å². The first-order valence-corrected chi connectivity index (χ1v) is 12.4. The molecule has 0 radical (unpaired) electrons. The average molecular weight is 499 g/mol. The third-order valence-electron chi connectivity index (χ3n) is 6.44. The number of fused-ring (bicyclic) bond motifs is 6. The Kier molecular flexibility index (Phi) is 8.17. The number of aromatic nitrogens is 2. The largest absolute Gasteiger partial charge is 0.458 e. The van der Waals surface area contributed by atoms with Crippen molar-refractivity contribution in [2.45, 2.75) is 63.3 Å². The molecule has 0 saturated carbocycles. The zero-order valence-electron chi connectivity index (χ0n) is 20.0. The topological polar surface area (TPSA) is 115 Å². The average Bonchev–Trinajstić information content (AvgIpc) is 2.93. The first-order chi connectivity index (χ1) is 17.7. The number of hydrogen-bond acceptors (Lipinski definition) is 10. The Balaban J connectivity index is 1.36. The summed E-state index contributed by atoms with van der Waals surface area (Å²) in [7, 11) is 0. The van der Waals surface area contributed by atoms with Gasteiger partial charge in [0.2, 0.25) is 0 Å². The van der Waals surface area contributed by atoms with Gasteiger partial charge in [-0.2, -0.15) is 0 Å². The number of rotatable bonds is 0. The second kappa shape index (κ2) is 11.9. The lowest BCUT2D eigenvalue weighted by Crippen LogP contribution is -2.40. The maximum absolute atomic E-state index is 12.7. The molecule has 4 bridgehead atoms. The fraction of sp³-hybridized carbons (Fsp3) is 0.538. The number of cyclic esters (lactones) is 2. The quantitative estimate of drug-likeness (QED) is 0.502. The lowest BCUT2D eigenvalue weighted by molar-refractivity contribution is -0.129. The van der Waals surface area contributed by atoms with Crippen molar-refractivity contribution in [3.05, 3.63) is 59.2 Å². The van der Waals surface area contributed by atoms with Crippen molar-refractivity contribution in [2.75, 3.05) is 26.4 Å². The van der Waals surface area contributed by atoms with Gasteiger partial charge in [0, 0.05) is 13.2 Å². The molecule has 0 unspecified atom stereocenters. The van der Waals surface area contributed by atoms with Crippen molar-refractivity contribution in [3.63, 3.8) is 0 Å². The second-order valence-electron chi connectivity index (χ2n) is 9.03. The van der Waals surface area contributed by atoms with Crippen LogP contribution in [0.15, 0.2) is 36.4 Å². The van der Waals surface area contributed by atoms with E-state index in [0.717, 1.165) is 37.1 Å². The van der Waals surface area contributed by atoms with Gasteiger partial charge in [0.25, 0.3) is 0 Å². The van der Waals surface area contributed by atoms with Crippen LogP contribution >= 0.6 is 0 Å². The highest BCUT2D eigenvalue weighted by atomic mass is 16.6. The van der Waals surface area contributed by atoms with Crippen molar-refractivity contribution in [2.24, 2.45) is 0 Å². The molecule has 36 heavy (non-hydrogen) atoms. The Bertz CT molecular complexity index is 989. The molecule has 5 rings (SSSR count). The number of ether oxygens (including phenoxy) is 6. The zero-order chi connectivity index (χ0) is 24.7. The summed E-state index contributed by atoms with van der Waals surface area (Å²) in [5.74, 6) is -1.30. The normalized spacial score (nSPS) is 28.1. The molecule has 10 heteroatoms. The SMILES string of the molecule is O=C1OC[C@H]2OCCC[C@@H]2OCc2cccc(n2)CO[C@H]2CCCO[C@@H]2COC(=O)c2cccc1n2. The molecule has 5 heterocycles. The monoisotopic (exact) mass is 498 g/mol. The van der Waals surface area contributed by atoms with Crippen LogP contribution < -0.4 is 0 Å². The van der Waals surface area contributed by atoms with Gasteiger partial charge < -0.3 is 28.4 Å². The highest BCUT2D eigenvalue weighted by molar-refractivity contribution is 5.91. The third-order valence-corrected chi connectivity index (χ3v) is 6.44. The molecule has 2 aromatic heterocycles. The molecule has 2 fully saturated rings. The number of pyridine rings is 2. The van der Waals surface area contributed by atoms with E-state index in [1.165, 1.54) is 12.1 Å². The Morgan fingerprint density at radius 3 is 1.64 bits per heavy atom. The Labute approximate surface area is 209 Å². The molecule has 0 amide bonds. The van der Waals surface area contributed by atoms with E-state index in [4.69, 9.17) is 28.4 Å². The van der Waals surface area contributed by atoms with Crippen molar-refractivity contribution in [3.8, 4) is 0 Å². The fourth-order valence-corrected chi connectivity index (χ4v) is 4.52. The van der Waals surface area contributed by atoms with E-state index in [2.05, 4.69) is 9.97 Å². The standard InChI is InChI=1S/C26H30N2O8/c29-25-19-7-2-8-20(28-19)26(30)36-16-24-22(10-4-12-32-24)34-14-18-6-1-5-17(27-18)13-33-21-9-3-11-31-23(21)15-35-25/h1-2,5-8,21-24H,3-4,9-16H2/t21-,22-,23+,24+/m0/s1. The van der Waals surface area contributed by atoms with E-state index in [9.17, 15) is 9.59 Å². The second-order valence-corrected chi connectivity index (χ2v) is 9.03. The molecule has 3 aliphatic heterocycles. The van der Waals surface area contributed by atoms with Gasteiger partial charge in [-0.3, -0.25) is 4.98 Å². The van der Waals surface area contributed by atoms with E-state index < -0.39 is 24.1 Å². The summed E-state index contributed by atoms with van der Waals surface area (Å²) in [6.07, 6.45) is 1.98. The van der Waals surface area contributed by atoms with Gasteiger partial charge >= 0.3 is 11.9 Å². The van der Waals surface area contributed by atoms with Crippen molar-refractivity contribution in [1.82, 2.24) is 9.97 Å². The van der Waals surface area contributed by atoms with Crippen LogP contribution in [0.1, 0.15) is 58.0 Å². The molecule has 0 spiro atoms. The molecule has 10 nitrogen and oxygen atoms in total. The summed E-state index contributed by atoms with van der Waals surface area (Å²) >= 11 is 0. The summed E-state index contributed by atoms with van der Waals surface area (Å²) in [6.45, 7) is 1.78. The summed E-state index contributed by atoms with van der Waals surface area (Å²) in [6, 6.07) is 10.3. The summed E-state index contributed by atoms with van der Waals surface area (Å²) in [5, 5.41) is 0. The predicted octanol–water partition coefficient (Wildman–Crippen LogP) is 2.63. The maximum atomic E-state index is 12.7. The maximum Gasteiger partial charge on any atom is 0.357 e. The molecule has 0 aliphatic carbocycles. The van der Waals surface area contributed by atoms with Gasteiger partial charge in [0.1, 0.15) is 36.8 Å². The number of carbonyl (C=O) groups is 2. The fourth-order valence-electron chi connectivity index (χ4n) is 4.52. The van der Waals surface area contributed by atoms with Crippen LogP contribution in [0.4, 0.5) is 0 Å². The Morgan fingerprint density at radius 2 is 1.11 bits per heavy atom.